The van der Waals surface area contributed by atoms with Crippen molar-refractivity contribution >= 4 is 43.1 Å². The van der Waals surface area contributed by atoms with E-state index in [1.807, 2.05) is 12.1 Å². The molecule has 0 amide bonds. The molecule has 4 nitrogen and oxygen atoms in total. The quantitative estimate of drug-likeness (QED) is 0.143. The maximum atomic E-state index is 9.60. The molecule has 0 bridgehead atoms. The summed E-state index contributed by atoms with van der Waals surface area (Å²) in [4.78, 5) is 9.26. The van der Waals surface area contributed by atoms with Gasteiger partial charge in [0.15, 0.2) is 0 Å². The number of nitriles is 2. The lowest BCUT2D eigenvalue weighted by Gasteiger charge is -2.22. The van der Waals surface area contributed by atoms with E-state index in [9.17, 15) is 10.5 Å². The lowest BCUT2D eigenvalue weighted by molar-refractivity contribution is 1.31. The van der Waals surface area contributed by atoms with Gasteiger partial charge in [-0.25, -0.2) is 0 Å². The van der Waals surface area contributed by atoms with Crippen molar-refractivity contribution in [1.29, 1.82) is 10.5 Å². The van der Waals surface area contributed by atoms with Crippen LogP contribution in [-0.4, -0.2) is 9.97 Å². The van der Waals surface area contributed by atoms with Crippen LogP contribution >= 0.6 is 0 Å². The van der Waals surface area contributed by atoms with E-state index < -0.39 is 0 Å². The van der Waals surface area contributed by atoms with Crippen LogP contribution in [0.3, 0.4) is 0 Å². The van der Waals surface area contributed by atoms with E-state index in [-0.39, 0.29) is 0 Å². The zero-order chi connectivity index (χ0) is 33.6. The van der Waals surface area contributed by atoms with Crippen molar-refractivity contribution in [2.45, 2.75) is 0 Å². The summed E-state index contributed by atoms with van der Waals surface area (Å²) in [5.74, 6) is 0. The van der Waals surface area contributed by atoms with E-state index in [1.165, 1.54) is 32.3 Å². The molecule has 0 N–H and O–H groups in total. The third kappa shape index (κ3) is 4.67. The van der Waals surface area contributed by atoms with Crippen LogP contribution in [0.4, 0.5) is 0 Å². The zero-order valence-corrected chi connectivity index (χ0v) is 26.8. The number of aromatic nitrogens is 2. The van der Waals surface area contributed by atoms with Gasteiger partial charge in [0.25, 0.3) is 0 Å². The summed E-state index contributed by atoms with van der Waals surface area (Å²) >= 11 is 0. The SMILES string of the molecule is N#Cc1ccnc(-c2cccc(-c3c4ccccc4c(-c4cccc(-c5cc(C#N)ccn5)c4)c4c5ccccc5c5ccccc5c34)c2)c1. The average molecular weight is 635 g/mol. The first kappa shape index (κ1) is 29.0. The second-order valence-electron chi connectivity index (χ2n) is 12.4. The van der Waals surface area contributed by atoms with Crippen molar-refractivity contribution < 1.29 is 0 Å². The Morgan fingerprint density at radius 1 is 0.360 bits per heavy atom. The van der Waals surface area contributed by atoms with E-state index in [4.69, 9.17) is 0 Å². The number of hydrogen-bond donors (Lipinski definition) is 0. The zero-order valence-electron chi connectivity index (χ0n) is 26.8. The predicted octanol–water partition coefficient (Wildman–Crippen LogP) is 11.5. The Balaban J connectivity index is 1.45. The molecule has 0 fully saturated rings. The second kappa shape index (κ2) is 11.8. The minimum Gasteiger partial charge on any atom is -0.256 e. The minimum absolute atomic E-state index is 0.579. The van der Waals surface area contributed by atoms with Crippen molar-refractivity contribution in [2.24, 2.45) is 0 Å². The number of fused-ring (bicyclic) bond motifs is 7. The molecule has 230 valence electrons. The van der Waals surface area contributed by atoms with Gasteiger partial charge in [-0.2, -0.15) is 10.5 Å². The Morgan fingerprint density at radius 3 is 1.16 bits per heavy atom. The van der Waals surface area contributed by atoms with Gasteiger partial charge in [-0.3, -0.25) is 9.97 Å². The predicted molar refractivity (Wildman–Crippen MR) is 203 cm³/mol. The molecule has 7 aromatic carbocycles. The average Bonchev–Trinajstić information content (AvgIpc) is 3.20. The van der Waals surface area contributed by atoms with E-state index >= 15 is 0 Å². The van der Waals surface area contributed by atoms with Crippen LogP contribution in [-0.2, 0) is 0 Å². The normalized spacial score (nSPS) is 11.2. The fraction of sp³-hybridized carbons (Fsp3) is 0. The maximum absolute atomic E-state index is 9.60. The second-order valence-corrected chi connectivity index (χ2v) is 12.4. The highest BCUT2D eigenvalue weighted by atomic mass is 14.7. The summed E-state index contributed by atoms with van der Waals surface area (Å²) in [5.41, 5.74) is 9.03. The van der Waals surface area contributed by atoms with Crippen molar-refractivity contribution in [2.75, 3.05) is 0 Å². The molecule has 2 heterocycles. The van der Waals surface area contributed by atoms with Crippen LogP contribution in [0.25, 0.3) is 87.9 Å². The summed E-state index contributed by atoms with van der Waals surface area (Å²) in [7, 11) is 0. The van der Waals surface area contributed by atoms with Gasteiger partial charge in [0.05, 0.1) is 34.7 Å². The number of pyridine rings is 2. The van der Waals surface area contributed by atoms with Crippen LogP contribution in [0.15, 0.2) is 158 Å². The van der Waals surface area contributed by atoms with E-state index in [0.29, 0.717) is 11.1 Å². The molecule has 2 aromatic heterocycles. The Hall–Kier alpha value is -7.14. The highest BCUT2D eigenvalue weighted by molar-refractivity contribution is 6.36. The molecule has 0 radical (unpaired) electrons. The van der Waals surface area contributed by atoms with Crippen LogP contribution in [0.5, 0.6) is 0 Å². The van der Waals surface area contributed by atoms with Crippen LogP contribution in [0.2, 0.25) is 0 Å². The van der Waals surface area contributed by atoms with Crippen LogP contribution in [0, 0.1) is 22.7 Å². The van der Waals surface area contributed by atoms with Crippen molar-refractivity contribution in [3.63, 3.8) is 0 Å². The summed E-state index contributed by atoms with van der Waals surface area (Å²) in [6.45, 7) is 0. The number of benzene rings is 7. The maximum Gasteiger partial charge on any atom is 0.0992 e. The first-order valence-electron chi connectivity index (χ1n) is 16.4. The van der Waals surface area contributed by atoms with Gasteiger partial charge in [0, 0.05) is 23.5 Å². The molecule has 0 aliphatic heterocycles. The lowest BCUT2D eigenvalue weighted by Crippen LogP contribution is -1.95. The lowest BCUT2D eigenvalue weighted by atomic mass is 9.81. The molecule has 0 saturated heterocycles. The largest absolute Gasteiger partial charge is 0.256 e. The van der Waals surface area contributed by atoms with E-state index in [2.05, 4.69) is 143 Å². The first-order valence-corrected chi connectivity index (χ1v) is 16.4. The minimum atomic E-state index is 0.579. The Bertz CT molecular complexity index is 2710. The Labute approximate surface area is 288 Å². The van der Waals surface area contributed by atoms with Crippen molar-refractivity contribution in [1.82, 2.24) is 9.97 Å². The molecule has 0 aliphatic carbocycles. The Kier molecular flexibility index (Phi) is 6.87. The van der Waals surface area contributed by atoms with E-state index in [1.54, 1.807) is 24.5 Å². The van der Waals surface area contributed by atoms with Gasteiger partial charge in [-0.05, 0) is 102 Å². The molecule has 9 aromatic rings. The molecule has 0 spiro atoms. The first-order chi connectivity index (χ1) is 24.7. The van der Waals surface area contributed by atoms with Gasteiger partial charge >= 0.3 is 0 Å². The van der Waals surface area contributed by atoms with Crippen LogP contribution in [0.1, 0.15) is 11.1 Å². The molecular formula is C46H26N4. The highest BCUT2D eigenvalue weighted by Crippen LogP contribution is 2.50. The molecule has 0 atom stereocenters. The highest BCUT2D eigenvalue weighted by Gasteiger charge is 2.22. The fourth-order valence-electron chi connectivity index (χ4n) is 7.43. The number of rotatable bonds is 4. The van der Waals surface area contributed by atoms with Gasteiger partial charge in [0.1, 0.15) is 0 Å². The third-order valence-corrected chi connectivity index (χ3v) is 9.57. The summed E-state index contributed by atoms with van der Waals surface area (Å²) in [5, 5.41) is 28.6. The van der Waals surface area contributed by atoms with Gasteiger partial charge < -0.3 is 0 Å². The summed E-state index contributed by atoms with van der Waals surface area (Å²) in [6.07, 6.45) is 3.39. The molecule has 50 heavy (non-hydrogen) atoms. The molecule has 0 saturated carbocycles. The monoisotopic (exact) mass is 634 g/mol. The Morgan fingerprint density at radius 2 is 0.740 bits per heavy atom. The summed E-state index contributed by atoms with van der Waals surface area (Å²) in [6, 6.07) is 54.7. The molecule has 4 heteroatoms. The van der Waals surface area contributed by atoms with Crippen molar-refractivity contribution in [3.8, 4) is 56.9 Å². The van der Waals surface area contributed by atoms with Crippen molar-refractivity contribution in [3.05, 3.63) is 169 Å². The van der Waals surface area contributed by atoms with Gasteiger partial charge in [0.2, 0.25) is 0 Å². The third-order valence-electron chi connectivity index (χ3n) is 9.57. The molecule has 0 aliphatic rings. The molecule has 0 unspecified atom stereocenters. The van der Waals surface area contributed by atoms with Crippen LogP contribution < -0.4 is 0 Å². The number of hydrogen-bond acceptors (Lipinski definition) is 4. The van der Waals surface area contributed by atoms with E-state index in [0.717, 1.165) is 55.5 Å². The molecule has 9 rings (SSSR count). The topological polar surface area (TPSA) is 73.4 Å². The smallest absolute Gasteiger partial charge is 0.0992 e. The standard InChI is InChI=1S/C46H26N4/c47-27-29-19-21-49-41(23-29)31-9-7-11-33(25-31)43-39-17-5-6-18-40(39)44(34-12-8-10-32(26-34)42-24-30(28-48)20-22-50-42)46-38-16-4-2-14-36(38)35-13-1-3-15-37(35)45(43)46/h1-26H. The number of nitrogens with zero attached hydrogens (tertiary/aromatic N) is 4. The van der Waals surface area contributed by atoms with Gasteiger partial charge in [-0.1, -0.05) is 109 Å². The van der Waals surface area contributed by atoms with Gasteiger partial charge in [-0.15, -0.1) is 0 Å². The molecular weight excluding hydrogens is 609 g/mol. The fourth-order valence-corrected chi connectivity index (χ4v) is 7.43. The summed E-state index contributed by atoms with van der Waals surface area (Å²) < 4.78 is 0.